The number of ether oxygens (including phenoxy) is 2. The lowest BCUT2D eigenvalue weighted by atomic mass is 9.82. The van der Waals surface area contributed by atoms with E-state index in [1.807, 2.05) is 18.2 Å². The molecule has 1 amide bonds. The Balaban J connectivity index is 1.49. The lowest BCUT2D eigenvalue weighted by Crippen LogP contribution is -2.36. The number of amides is 1. The largest absolute Gasteiger partial charge is 0.477 e. The maximum atomic E-state index is 11.3. The normalized spacial score (nSPS) is 23.3. The Bertz CT molecular complexity index is 799. The third-order valence-corrected chi connectivity index (χ3v) is 5.59. The van der Waals surface area contributed by atoms with E-state index in [2.05, 4.69) is 9.88 Å². The number of morpholine rings is 1. The van der Waals surface area contributed by atoms with Crippen LogP contribution in [0, 0.1) is 11.8 Å². The third kappa shape index (κ3) is 4.13. The number of hydrogen-bond acceptors (Lipinski definition) is 6. The molecule has 2 aromatic rings. The van der Waals surface area contributed by atoms with Crippen LogP contribution in [0.3, 0.4) is 0 Å². The summed E-state index contributed by atoms with van der Waals surface area (Å²) in [5.74, 6) is 1.80. The number of carbonyl (C=O) groups is 1. The molecule has 0 radical (unpaired) electrons. The number of primary amides is 1. The number of aromatic nitrogens is 2. The van der Waals surface area contributed by atoms with Gasteiger partial charge in [-0.3, -0.25) is 9.78 Å². The number of nitrogens with two attached hydrogens (primary N) is 1. The molecule has 144 valence electrons. The first-order valence-corrected chi connectivity index (χ1v) is 9.71. The first-order chi connectivity index (χ1) is 13.2. The Morgan fingerprint density at radius 1 is 1.26 bits per heavy atom. The zero-order valence-electron chi connectivity index (χ0n) is 15.5. The van der Waals surface area contributed by atoms with Gasteiger partial charge in [0.2, 0.25) is 11.8 Å². The van der Waals surface area contributed by atoms with Crippen molar-refractivity contribution in [3.05, 3.63) is 24.4 Å². The van der Waals surface area contributed by atoms with E-state index in [1.165, 1.54) is 0 Å². The van der Waals surface area contributed by atoms with E-state index in [0.29, 0.717) is 31.6 Å². The molecule has 2 N–H and O–H groups in total. The van der Waals surface area contributed by atoms with Crippen molar-refractivity contribution in [3.8, 4) is 5.88 Å². The maximum Gasteiger partial charge on any atom is 0.224 e. The van der Waals surface area contributed by atoms with Crippen LogP contribution >= 0.6 is 0 Å². The summed E-state index contributed by atoms with van der Waals surface area (Å²) in [5, 5.41) is 0.931. The van der Waals surface area contributed by atoms with E-state index in [0.717, 1.165) is 55.5 Å². The van der Waals surface area contributed by atoms with Crippen molar-refractivity contribution in [3.63, 3.8) is 0 Å². The summed E-state index contributed by atoms with van der Waals surface area (Å²) < 4.78 is 11.6. The highest BCUT2D eigenvalue weighted by Crippen LogP contribution is 2.31. The molecular formula is C20H26N4O3. The second-order valence-electron chi connectivity index (χ2n) is 7.39. The van der Waals surface area contributed by atoms with Gasteiger partial charge in [-0.05, 0) is 43.7 Å². The van der Waals surface area contributed by atoms with Gasteiger partial charge in [-0.1, -0.05) is 0 Å². The van der Waals surface area contributed by atoms with Crippen molar-refractivity contribution in [2.24, 2.45) is 17.6 Å². The monoisotopic (exact) mass is 370 g/mol. The van der Waals surface area contributed by atoms with Gasteiger partial charge < -0.3 is 20.1 Å². The Hall–Kier alpha value is -2.41. The van der Waals surface area contributed by atoms with Crippen LogP contribution < -0.4 is 15.4 Å². The molecular weight excluding hydrogens is 344 g/mol. The van der Waals surface area contributed by atoms with Crippen molar-refractivity contribution < 1.29 is 14.3 Å². The van der Waals surface area contributed by atoms with Crippen LogP contribution in [-0.4, -0.2) is 48.8 Å². The molecule has 1 aliphatic heterocycles. The highest BCUT2D eigenvalue weighted by molar-refractivity contribution is 5.85. The predicted molar refractivity (Wildman–Crippen MR) is 103 cm³/mol. The number of carbonyl (C=O) groups excluding carboxylic acids is 1. The molecule has 4 rings (SSSR count). The fourth-order valence-corrected chi connectivity index (χ4v) is 3.91. The smallest absolute Gasteiger partial charge is 0.224 e. The molecule has 2 fully saturated rings. The van der Waals surface area contributed by atoms with Crippen molar-refractivity contribution in [2.45, 2.75) is 25.7 Å². The zero-order valence-corrected chi connectivity index (χ0v) is 15.5. The average molecular weight is 370 g/mol. The maximum absolute atomic E-state index is 11.3. The molecule has 2 aliphatic rings. The van der Waals surface area contributed by atoms with Gasteiger partial charge in [0, 0.05) is 31.3 Å². The average Bonchev–Trinajstić information content (AvgIpc) is 2.72. The number of anilines is 1. The van der Waals surface area contributed by atoms with Gasteiger partial charge in [0.15, 0.2) is 0 Å². The number of pyridine rings is 2. The van der Waals surface area contributed by atoms with E-state index in [-0.39, 0.29) is 11.8 Å². The highest BCUT2D eigenvalue weighted by atomic mass is 16.5. The molecule has 0 aromatic carbocycles. The summed E-state index contributed by atoms with van der Waals surface area (Å²) in [4.78, 5) is 22.8. The molecule has 7 heteroatoms. The van der Waals surface area contributed by atoms with Gasteiger partial charge in [0.1, 0.15) is 5.82 Å². The minimum absolute atomic E-state index is 0.0223. The lowest BCUT2D eigenvalue weighted by molar-refractivity contribution is -0.123. The summed E-state index contributed by atoms with van der Waals surface area (Å²) in [7, 11) is 0. The lowest BCUT2D eigenvalue weighted by Gasteiger charge is -2.29. The van der Waals surface area contributed by atoms with Crippen molar-refractivity contribution >= 4 is 22.6 Å². The fourth-order valence-electron chi connectivity index (χ4n) is 3.91. The molecule has 0 atom stereocenters. The Kier molecular flexibility index (Phi) is 5.38. The van der Waals surface area contributed by atoms with Crippen LogP contribution in [0.4, 0.5) is 5.82 Å². The van der Waals surface area contributed by atoms with E-state index in [1.54, 1.807) is 6.20 Å². The summed E-state index contributed by atoms with van der Waals surface area (Å²) in [5.41, 5.74) is 6.32. The van der Waals surface area contributed by atoms with E-state index in [4.69, 9.17) is 20.2 Å². The van der Waals surface area contributed by atoms with Gasteiger partial charge in [-0.2, -0.15) is 4.98 Å². The third-order valence-electron chi connectivity index (χ3n) is 5.59. The molecule has 0 spiro atoms. The van der Waals surface area contributed by atoms with Crippen LogP contribution in [0.2, 0.25) is 0 Å². The summed E-state index contributed by atoms with van der Waals surface area (Å²) in [6, 6.07) is 5.92. The van der Waals surface area contributed by atoms with Crippen molar-refractivity contribution in [2.75, 3.05) is 37.8 Å². The summed E-state index contributed by atoms with van der Waals surface area (Å²) in [6.45, 7) is 3.67. The quantitative estimate of drug-likeness (QED) is 0.867. The first kappa shape index (κ1) is 18.0. The second kappa shape index (κ2) is 8.08. The number of fused-ring (bicyclic) bond motifs is 1. The van der Waals surface area contributed by atoms with Crippen LogP contribution in [0.5, 0.6) is 5.88 Å². The molecule has 27 heavy (non-hydrogen) atoms. The van der Waals surface area contributed by atoms with Gasteiger partial charge in [0.05, 0.1) is 30.7 Å². The predicted octanol–water partition coefficient (Wildman–Crippen LogP) is 2.14. The molecule has 0 unspecified atom stereocenters. The van der Waals surface area contributed by atoms with Crippen LogP contribution in [0.15, 0.2) is 24.4 Å². The molecule has 3 heterocycles. The van der Waals surface area contributed by atoms with E-state index < -0.39 is 0 Å². The van der Waals surface area contributed by atoms with Crippen LogP contribution in [0.1, 0.15) is 25.7 Å². The van der Waals surface area contributed by atoms with Gasteiger partial charge in [-0.15, -0.1) is 0 Å². The topological polar surface area (TPSA) is 90.6 Å². The van der Waals surface area contributed by atoms with Crippen LogP contribution in [-0.2, 0) is 9.53 Å². The Labute approximate surface area is 158 Å². The summed E-state index contributed by atoms with van der Waals surface area (Å²) >= 11 is 0. The SMILES string of the molecule is NC(=O)C1CCC(COc2nc(N3CCOCC3)cc3ncccc23)CC1. The second-order valence-corrected chi connectivity index (χ2v) is 7.39. The highest BCUT2D eigenvalue weighted by Gasteiger charge is 2.25. The molecule has 1 saturated heterocycles. The molecule has 2 aromatic heterocycles. The first-order valence-electron chi connectivity index (χ1n) is 9.71. The number of hydrogen-bond donors (Lipinski definition) is 1. The number of rotatable bonds is 5. The fraction of sp³-hybridized carbons (Fsp3) is 0.550. The zero-order chi connectivity index (χ0) is 18.6. The van der Waals surface area contributed by atoms with Gasteiger partial charge in [-0.25, -0.2) is 0 Å². The van der Waals surface area contributed by atoms with E-state index >= 15 is 0 Å². The Morgan fingerprint density at radius 2 is 2.04 bits per heavy atom. The van der Waals surface area contributed by atoms with Gasteiger partial charge in [0.25, 0.3) is 0 Å². The minimum atomic E-state index is -0.175. The molecule has 1 saturated carbocycles. The molecule has 1 aliphatic carbocycles. The molecule has 0 bridgehead atoms. The van der Waals surface area contributed by atoms with Crippen molar-refractivity contribution in [1.82, 2.24) is 9.97 Å². The summed E-state index contributed by atoms with van der Waals surface area (Å²) in [6.07, 6.45) is 5.43. The Morgan fingerprint density at radius 3 is 2.78 bits per heavy atom. The minimum Gasteiger partial charge on any atom is -0.477 e. The molecule has 7 nitrogen and oxygen atoms in total. The standard InChI is InChI=1S/C20H26N4O3/c21-19(25)15-5-3-14(4-6-15)13-27-20-16-2-1-7-22-17(16)12-18(23-20)24-8-10-26-11-9-24/h1-2,7,12,14-15H,3-6,8-11,13H2,(H2,21,25). The van der Waals surface area contributed by atoms with Crippen molar-refractivity contribution in [1.29, 1.82) is 0 Å². The van der Waals surface area contributed by atoms with E-state index in [9.17, 15) is 4.79 Å². The number of nitrogens with zero attached hydrogens (tertiary/aromatic N) is 3. The van der Waals surface area contributed by atoms with Gasteiger partial charge >= 0.3 is 0 Å². The van der Waals surface area contributed by atoms with Crippen LogP contribution in [0.25, 0.3) is 10.9 Å².